The SMILES string of the molecule is O=C(O)c1c(O)ccc(N=Nc2ccc(CCc3ccc(N=Nc4ccc(O)c(C(=O)O)c4O)cc3S(=O)(=O)O)c(S(=O)(=O)O)c2)c1O.[Na+]. The maximum Gasteiger partial charge on any atom is 1.00 e. The average molecular weight is 726 g/mol. The summed E-state index contributed by atoms with van der Waals surface area (Å²) in [5.41, 5.74) is -2.81. The molecule has 4 aromatic carbocycles. The standard InChI is InChI=1S/C28H22N4O14S2.Na/c33-19-9-7-17(25(35)23(19)27(37)38)31-29-15-5-3-13(21(11-15)47(41,42)43)1-2-14-4-6-16(12-22(14)48(44,45)46)30-32-18-8-10-20(34)24(26(18)36)28(39)40;/h3-12,33-36H,1-2H2,(H,37,38)(H,39,40)(H,41,42,43)(H,44,45,46);/q;+1. The predicted octanol–water partition coefficient (Wildman–Crippen LogP) is 2.02. The van der Waals surface area contributed by atoms with Gasteiger partial charge in [0.15, 0.2) is 11.5 Å². The molecule has 0 amide bonds. The van der Waals surface area contributed by atoms with Gasteiger partial charge in [-0.1, -0.05) is 12.1 Å². The van der Waals surface area contributed by atoms with Crippen molar-refractivity contribution >= 4 is 54.9 Å². The molecular weight excluding hydrogens is 703 g/mol. The maximum absolute atomic E-state index is 12.2. The zero-order chi connectivity index (χ0) is 35.6. The normalized spacial score (nSPS) is 11.9. The van der Waals surface area contributed by atoms with E-state index in [-0.39, 0.29) is 76.3 Å². The number of azo groups is 2. The Morgan fingerprint density at radius 2 is 0.898 bits per heavy atom. The van der Waals surface area contributed by atoms with Crippen LogP contribution in [0.5, 0.6) is 23.0 Å². The summed E-state index contributed by atoms with van der Waals surface area (Å²) in [4.78, 5) is 21.3. The number of rotatable bonds is 11. The number of aromatic hydroxyl groups is 4. The van der Waals surface area contributed by atoms with E-state index in [1.807, 2.05) is 0 Å². The van der Waals surface area contributed by atoms with Gasteiger partial charge in [-0.05, 0) is 72.5 Å². The van der Waals surface area contributed by atoms with Crippen molar-refractivity contribution in [2.45, 2.75) is 22.6 Å². The fourth-order valence-corrected chi connectivity index (χ4v) is 5.86. The smallest absolute Gasteiger partial charge is 0.507 e. The topological polar surface area (TPSA) is 314 Å². The van der Waals surface area contributed by atoms with Crippen LogP contribution in [0.2, 0.25) is 0 Å². The molecule has 0 radical (unpaired) electrons. The minimum atomic E-state index is -4.90. The quantitative estimate of drug-likeness (QED) is 0.0623. The molecule has 0 aromatic heterocycles. The number of hydrogen-bond donors (Lipinski definition) is 8. The van der Waals surface area contributed by atoms with Crippen molar-refractivity contribution in [2.24, 2.45) is 20.5 Å². The molecule has 250 valence electrons. The zero-order valence-corrected chi connectivity index (χ0v) is 28.5. The van der Waals surface area contributed by atoms with Gasteiger partial charge < -0.3 is 30.6 Å². The summed E-state index contributed by atoms with van der Waals surface area (Å²) in [6.07, 6.45) is -0.425. The first-order valence-electron chi connectivity index (χ1n) is 13.0. The third kappa shape index (κ3) is 8.94. The molecule has 8 N–H and O–H groups in total. The largest absolute Gasteiger partial charge is 1.00 e. The van der Waals surface area contributed by atoms with Crippen LogP contribution in [-0.2, 0) is 33.1 Å². The number of aromatic carboxylic acids is 2. The van der Waals surface area contributed by atoms with E-state index in [1.165, 1.54) is 24.3 Å². The Morgan fingerprint density at radius 3 is 1.20 bits per heavy atom. The molecule has 0 atom stereocenters. The van der Waals surface area contributed by atoms with E-state index in [0.717, 1.165) is 36.4 Å². The molecule has 18 nitrogen and oxygen atoms in total. The molecule has 49 heavy (non-hydrogen) atoms. The van der Waals surface area contributed by atoms with Gasteiger partial charge in [-0.2, -0.15) is 27.1 Å². The fourth-order valence-electron chi connectivity index (χ4n) is 4.32. The maximum atomic E-state index is 12.2. The van der Waals surface area contributed by atoms with Crippen LogP contribution in [-0.4, -0.2) is 68.5 Å². The van der Waals surface area contributed by atoms with E-state index >= 15 is 0 Å². The van der Waals surface area contributed by atoms with Gasteiger partial charge >= 0.3 is 41.5 Å². The van der Waals surface area contributed by atoms with E-state index in [9.17, 15) is 56.0 Å². The minimum Gasteiger partial charge on any atom is -0.507 e. The molecule has 0 aliphatic rings. The molecule has 0 spiro atoms. The first kappa shape index (κ1) is 38.5. The Bertz CT molecular complexity index is 2100. The Morgan fingerprint density at radius 1 is 0.551 bits per heavy atom. The van der Waals surface area contributed by atoms with Crippen LogP contribution >= 0.6 is 0 Å². The second-order valence-corrected chi connectivity index (χ2v) is 12.5. The molecule has 0 heterocycles. The molecule has 4 rings (SSSR count). The molecule has 0 aliphatic heterocycles. The third-order valence-electron chi connectivity index (χ3n) is 6.56. The van der Waals surface area contributed by atoms with Gasteiger partial charge in [0.1, 0.15) is 34.0 Å². The van der Waals surface area contributed by atoms with Crippen LogP contribution < -0.4 is 29.6 Å². The summed E-state index contributed by atoms with van der Waals surface area (Å²) in [5.74, 6) is -6.60. The van der Waals surface area contributed by atoms with Gasteiger partial charge in [-0.25, -0.2) is 9.59 Å². The van der Waals surface area contributed by atoms with E-state index in [0.29, 0.717) is 0 Å². The molecule has 0 saturated heterocycles. The van der Waals surface area contributed by atoms with E-state index in [2.05, 4.69) is 20.5 Å². The van der Waals surface area contributed by atoms with Crippen molar-refractivity contribution in [3.8, 4) is 23.0 Å². The number of carbonyl (C=O) groups is 2. The van der Waals surface area contributed by atoms with Crippen LogP contribution in [0, 0.1) is 0 Å². The van der Waals surface area contributed by atoms with Crippen LogP contribution in [0.1, 0.15) is 31.8 Å². The van der Waals surface area contributed by atoms with Crippen LogP contribution in [0.3, 0.4) is 0 Å². The Kier molecular flexibility index (Phi) is 11.8. The first-order valence-corrected chi connectivity index (χ1v) is 15.9. The second kappa shape index (κ2) is 15.1. The molecular formula is C28H22N4NaO14S2+. The average Bonchev–Trinajstić information content (AvgIpc) is 2.98. The van der Waals surface area contributed by atoms with Gasteiger partial charge in [0.25, 0.3) is 20.2 Å². The Hall–Kier alpha value is -4.96. The van der Waals surface area contributed by atoms with Gasteiger partial charge in [-0.3, -0.25) is 9.11 Å². The van der Waals surface area contributed by atoms with Gasteiger partial charge in [-0.15, -0.1) is 10.2 Å². The van der Waals surface area contributed by atoms with E-state index in [4.69, 9.17) is 10.2 Å². The number of benzene rings is 4. The summed E-state index contributed by atoms with van der Waals surface area (Å²) < 4.78 is 68.5. The van der Waals surface area contributed by atoms with Crippen LogP contribution in [0.25, 0.3) is 0 Å². The molecule has 4 aromatic rings. The number of phenols is 4. The molecule has 0 saturated carbocycles. The first-order chi connectivity index (χ1) is 22.4. The van der Waals surface area contributed by atoms with E-state index < -0.39 is 76.1 Å². The van der Waals surface area contributed by atoms with Crippen molar-refractivity contribution in [2.75, 3.05) is 0 Å². The molecule has 0 unspecified atom stereocenters. The Labute approximate surface area is 298 Å². The van der Waals surface area contributed by atoms with Crippen molar-refractivity contribution in [3.63, 3.8) is 0 Å². The van der Waals surface area contributed by atoms with Crippen molar-refractivity contribution in [1.82, 2.24) is 0 Å². The predicted molar refractivity (Wildman–Crippen MR) is 162 cm³/mol. The zero-order valence-electron chi connectivity index (χ0n) is 24.8. The fraction of sp³-hybridized carbons (Fsp3) is 0.0714. The summed E-state index contributed by atoms with van der Waals surface area (Å²) in [7, 11) is -9.80. The monoisotopic (exact) mass is 725 g/mol. The van der Waals surface area contributed by atoms with Crippen molar-refractivity contribution in [3.05, 3.63) is 82.9 Å². The summed E-state index contributed by atoms with van der Waals surface area (Å²) in [6, 6.07) is 10.8. The second-order valence-electron chi connectivity index (χ2n) is 9.70. The molecule has 0 aliphatic carbocycles. The van der Waals surface area contributed by atoms with Gasteiger partial charge in [0.05, 0.1) is 21.2 Å². The number of carboxylic acid groups (broad SMARTS) is 2. The Balaban J connectivity index is 0.00000650. The minimum absolute atomic E-state index is 0. The van der Waals surface area contributed by atoms with E-state index in [1.54, 1.807) is 0 Å². The number of aryl methyl sites for hydroxylation is 2. The molecule has 0 fully saturated rings. The van der Waals surface area contributed by atoms with Crippen molar-refractivity contribution < 1.29 is 95.7 Å². The van der Waals surface area contributed by atoms with Crippen LogP contribution in [0.15, 0.2) is 90.9 Å². The van der Waals surface area contributed by atoms with Gasteiger partial charge in [0.2, 0.25) is 0 Å². The summed E-state index contributed by atoms with van der Waals surface area (Å²) in [5, 5.41) is 72.7. The molecule has 0 bridgehead atoms. The summed E-state index contributed by atoms with van der Waals surface area (Å²) in [6.45, 7) is 0. The molecule has 21 heteroatoms. The number of nitrogens with zero attached hydrogens (tertiary/aromatic N) is 4. The third-order valence-corrected chi connectivity index (χ3v) is 8.44. The number of carboxylic acids is 2. The summed E-state index contributed by atoms with van der Waals surface area (Å²) >= 11 is 0. The van der Waals surface area contributed by atoms with Gasteiger partial charge in [0, 0.05) is 0 Å². The van der Waals surface area contributed by atoms with Crippen LogP contribution in [0.4, 0.5) is 22.7 Å². The van der Waals surface area contributed by atoms with Crippen molar-refractivity contribution in [1.29, 1.82) is 0 Å². The number of hydrogen-bond acceptors (Lipinski definition) is 14.